The molecule has 7 nitrogen and oxygen atoms in total. The van der Waals surface area contributed by atoms with Gasteiger partial charge in [0.25, 0.3) is 0 Å². The van der Waals surface area contributed by atoms with Gasteiger partial charge in [0.1, 0.15) is 17.1 Å². The fourth-order valence-corrected chi connectivity index (χ4v) is 7.62. The minimum atomic E-state index is -3.33. The molecule has 0 N–H and O–H groups in total. The van der Waals surface area contributed by atoms with Crippen LogP contribution in [0.2, 0.25) is 5.02 Å². The first kappa shape index (κ1) is 30.2. The molecule has 1 fully saturated rings. The normalized spacial score (nSPS) is 15.8. The molecule has 44 heavy (non-hydrogen) atoms. The number of hydrogen-bond donors (Lipinski definition) is 0. The molecule has 1 spiro atoms. The molecule has 2 aliphatic rings. The van der Waals surface area contributed by atoms with Gasteiger partial charge in [0.2, 0.25) is 0 Å². The summed E-state index contributed by atoms with van der Waals surface area (Å²) >= 11 is 6.25. The molecule has 0 aliphatic carbocycles. The zero-order valence-corrected chi connectivity index (χ0v) is 26.5. The fourth-order valence-electron chi connectivity index (χ4n) is 6.09. The molecule has 0 unspecified atom stereocenters. The van der Waals surface area contributed by atoms with E-state index < -0.39 is 9.84 Å². The van der Waals surface area contributed by atoms with Gasteiger partial charge in [-0.3, -0.25) is 4.98 Å². The predicted molar refractivity (Wildman–Crippen MR) is 172 cm³/mol. The first-order chi connectivity index (χ1) is 21.1. The van der Waals surface area contributed by atoms with E-state index in [1.165, 1.54) is 0 Å². The van der Waals surface area contributed by atoms with Crippen LogP contribution in [0.1, 0.15) is 47.2 Å². The van der Waals surface area contributed by atoms with E-state index in [0.717, 1.165) is 64.8 Å². The Bertz CT molecular complexity index is 1760. The highest BCUT2D eigenvalue weighted by atomic mass is 35.5. The molecular formula is C35H35ClN2O5S. The summed E-state index contributed by atoms with van der Waals surface area (Å²) in [6, 6.07) is 22.8. The Morgan fingerprint density at radius 1 is 0.932 bits per heavy atom. The average Bonchev–Trinajstić information content (AvgIpc) is 3.00. The summed E-state index contributed by atoms with van der Waals surface area (Å²) in [7, 11) is -3.33. The number of aromatic nitrogens is 1. The predicted octanol–water partition coefficient (Wildman–Crippen LogP) is 7.49. The van der Waals surface area contributed by atoms with Crippen LogP contribution in [0.25, 0.3) is 11.1 Å². The number of ether oxygens (including phenoxy) is 2. The lowest BCUT2D eigenvalue weighted by molar-refractivity contribution is -0.00948. The monoisotopic (exact) mass is 630 g/mol. The first-order valence-corrected chi connectivity index (χ1v) is 17.0. The number of carbonyl (C=O) groups is 1. The van der Waals surface area contributed by atoms with Gasteiger partial charge in [0.15, 0.2) is 9.84 Å². The Morgan fingerprint density at radius 3 is 2.32 bits per heavy atom. The molecule has 0 saturated carbocycles. The van der Waals surface area contributed by atoms with Gasteiger partial charge in [-0.05, 0) is 96.5 Å². The Labute approximate surface area is 263 Å². The highest BCUT2D eigenvalue weighted by molar-refractivity contribution is 7.89. The number of rotatable bonds is 6. The number of benzene rings is 3. The lowest BCUT2D eigenvalue weighted by atomic mass is 9.82. The second-order valence-electron chi connectivity index (χ2n) is 11.9. The molecule has 3 heterocycles. The van der Waals surface area contributed by atoms with E-state index in [2.05, 4.69) is 11.1 Å². The molecule has 6 rings (SSSR count). The summed E-state index contributed by atoms with van der Waals surface area (Å²) in [6.07, 6.45) is 4.52. The van der Waals surface area contributed by atoms with Crippen molar-refractivity contribution in [1.82, 2.24) is 9.88 Å². The van der Waals surface area contributed by atoms with Crippen molar-refractivity contribution >= 4 is 27.5 Å². The maximum Gasteiger partial charge on any atom is 0.415 e. The molecule has 0 atom stereocenters. The minimum absolute atomic E-state index is 0.0282. The number of piperidine rings is 1. The quantitative estimate of drug-likeness (QED) is 0.219. The number of carbonyl (C=O) groups excluding carboxylic acids is 1. The van der Waals surface area contributed by atoms with Gasteiger partial charge >= 0.3 is 6.09 Å². The summed E-state index contributed by atoms with van der Waals surface area (Å²) in [5, 5.41) is 0.686. The topological polar surface area (TPSA) is 85.8 Å². The van der Waals surface area contributed by atoms with Gasteiger partial charge in [-0.25, -0.2) is 13.2 Å². The Balaban J connectivity index is 1.06. The molecule has 1 amide bonds. The molecule has 228 valence electrons. The van der Waals surface area contributed by atoms with Crippen molar-refractivity contribution in [2.45, 2.75) is 56.6 Å². The highest BCUT2D eigenvalue weighted by Gasteiger charge is 2.41. The number of halogens is 1. The van der Waals surface area contributed by atoms with Crippen LogP contribution in [-0.4, -0.2) is 43.1 Å². The van der Waals surface area contributed by atoms with E-state index in [9.17, 15) is 13.2 Å². The molecular weight excluding hydrogens is 596 g/mol. The van der Waals surface area contributed by atoms with Crippen molar-refractivity contribution in [1.29, 1.82) is 0 Å². The summed E-state index contributed by atoms with van der Waals surface area (Å²) in [5.41, 5.74) is 6.02. The number of likely N-dealkylation sites (tertiary alicyclic amines) is 1. The summed E-state index contributed by atoms with van der Waals surface area (Å²) in [6.45, 7) is 4.94. The Hall–Kier alpha value is -3.88. The van der Waals surface area contributed by atoms with Crippen LogP contribution in [0.3, 0.4) is 0 Å². The second kappa shape index (κ2) is 12.3. The van der Waals surface area contributed by atoms with E-state index in [-0.39, 0.29) is 23.2 Å². The number of fused-ring (bicyclic) bond motifs is 1. The number of pyridine rings is 1. The minimum Gasteiger partial charge on any atom is -0.487 e. The van der Waals surface area contributed by atoms with E-state index >= 15 is 0 Å². The smallest absolute Gasteiger partial charge is 0.415 e. The number of nitrogens with zero attached hydrogens (tertiary/aromatic N) is 2. The third kappa shape index (κ3) is 6.76. The van der Waals surface area contributed by atoms with Gasteiger partial charge in [-0.15, -0.1) is 0 Å². The van der Waals surface area contributed by atoms with Crippen molar-refractivity contribution in [2.75, 3.05) is 13.1 Å². The second-order valence-corrected chi connectivity index (χ2v) is 14.3. The van der Waals surface area contributed by atoms with Crippen LogP contribution in [0.4, 0.5) is 4.79 Å². The van der Waals surface area contributed by atoms with Crippen LogP contribution in [0.15, 0.2) is 79.0 Å². The van der Waals surface area contributed by atoms with Gasteiger partial charge in [0, 0.05) is 37.2 Å². The molecule has 2 aliphatic heterocycles. The maximum atomic E-state index is 12.9. The molecule has 1 aromatic heterocycles. The standard InChI is InChI=1S/C35H35ClN2O5S/c1-24-19-31(20-25(2)33(24)36)42-34(39)38-17-14-35(15-18-38)13-12-29-21-28(10-11-32(29)43-35)27-8-6-26(7-9-27)22-44(40,41)23-30-5-3-4-16-37-30/h3-11,16,19-21H,12-15,17-18,22-23H2,1-2H3. The van der Waals surface area contributed by atoms with E-state index in [1.807, 2.05) is 50.2 Å². The van der Waals surface area contributed by atoms with Gasteiger partial charge in [-0.1, -0.05) is 48.0 Å². The van der Waals surface area contributed by atoms with Crippen molar-refractivity contribution in [3.63, 3.8) is 0 Å². The molecule has 9 heteroatoms. The number of hydrogen-bond acceptors (Lipinski definition) is 6. The van der Waals surface area contributed by atoms with Gasteiger partial charge < -0.3 is 14.4 Å². The SMILES string of the molecule is Cc1cc(OC(=O)N2CCC3(CCc4cc(-c5ccc(CS(=O)(=O)Cc6ccccn6)cc5)ccc4O3)CC2)cc(C)c1Cl. The van der Waals surface area contributed by atoms with Crippen molar-refractivity contribution < 1.29 is 22.7 Å². The first-order valence-electron chi connectivity index (χ1n) is 14.8. The Kier molecular flexibility index (Phi) is 8.40. The van der Waals surface area contributed by atoms with Crippen molar-refractivity contribution in [3.8, 4) is 22.6 Å². The molecule has 0 radical (unpaired) electrons. The lowest BCUT2D eigenvalue weighted by Gasteiger charge is -2.44. The van der Waals surface area contributed by atoms with Crippen LogP contribution < -0.4 is 9.47 Å². The summed E-state index contributed by atoms with van der Waals surface area (Å²) < 4.78 is 37.6. The third-order valence-electron chi connectivity index (χ3n) is 8.55. The zero-order valence-electron chi connectivity index (χ0n) is 24.9. The maximum absolute atomic E-state index is 12.9. The van der Waals surface area contributed by atoms with Crippen LogP contribution in [0, 0.1) is 13.8 Å². The number of amides is 1. The largest absolute Gasteiger partial charge is 0.487 e. The van der Waals surface area contributed by atoms with E-state index in [1.54, 1.807) is 41.4 Å². The summed E-state index contributed by atoms with van der Waals surface area (Å²) in [5.74, 6) is 1.29. The van der Waals surface area contributed by atoms with E-state index in [4.69, 9.17) is 21.1 Å². The van der Waals surface area contributed by atoms with E-state index in [0.29, 0.717) is 29.6 Å². The Morgan fingerprint density at radius 2 is 1.64 bits per heavy atom. The van der Waals surface area contributed by atoms with Crippen LogP contribution >= 0.6 is 11.6 Å². The van der Waals surface area contributed by atoms with Crippen molar-refractivity contribution in [2.24, 2.45) is 0 Å². The summed E-state index contributed by atoms with van der Waals surface area (Å²) in [4.78, 5) is 18.8. The zero-order chi connectivity index (χ0) is 30.9. The van der Waals surface area contributed by atoms with Crippen LogP contribution in [-0.2, 0) is 27.8 Å². The molecule has 3 aromatic carbocycles. The number of sulfone groups is 1. The van der Waals surface area contributed by atoms with Gasteiger partial charge in [0.05, 0.1) is 17.2 Å². The number of aryl methyl sites for hydroxylation is 3. The van der Waals surface area contributed by atoms with Crippen molar-refractivity contribution in [3.05, 3.63) is 112 Å². The molecule has 0 bridgehead atoms. The highest BCUT2D eigenvalue weighted by Crippen LogP contribution is 2.41. The fraction of sp³-hybridized carbons (Fsp3) is 0.314. The molecule has 4 aromatic rings. The van der Waals surface area contributed by atoms with Crippen LogP contribution in [0.5, 0.6) is 11.5 Å². The molecule has 1 saturated heterocycles. The lowest BCUT2D eigenvalue weighted by Crippen LogP contribution is -2.51. The third-order valence-corrected chi connectivity index (χ3v) is 10.7. The van der Waals surface area contributed by atoms with Gasteiger partial charge in [-0.2, -0.15) is 0 Å². The average molecular weight is 631 g/mol.